The Morgan fingerprint density at radius 1 is 1.19 bits per heavy atom. The van der Waals surface area contributed by atoms with E-state index in [1.54, 1.807) is 24.5 Å². The van der Waals surface area contributed by atoms with Gasteiger partial charge in [-0.25, -0.2) is 14.4 Å². The zero-order valence-electron chi connectivity index (χ0n) is 14.8. The fourth-order valence-corrected chi connectivity index (χ4v) is 2.78. The Hall–Kier alpha value is -3.02. The Morgan fingerprint density at radius 3 is 2.65 bits per heavy atom. The monoisotopic (exact) mass is 352 g/mol. The summed E-state index contributed by atoms with van der Waals surface area (Å²) in [4.78, 5) is 20.8. The van der Waals surface area contributed by atoms with Crippen molar-refractivity contribution in [3.63, 3.8) is 0 Å². The van der Waals surface area contributed by atoms with Gasteiger partial charge in [0.25, 0.3) is 0 Å². The maximum Gasteiger partial charge on any atom is 0.220 e. The molecule has 3 rings (SSSR count). The quantitative estimate of drug-likeness (QED) is 0.738. The van der Waals surface area contributed by atoms with Gasteiger partial charge < -0.3 is 5.32 Å². The number of hydrogen-bond acceptors (Lipinski definition) is 3. The molecule has 26 heavy (non-hydrogen) atoms. The molecule has 0 saturated heterocycles. The smallest absolute Gasteiger partial charge is 0.220 e. The summed E-state index contributed by atoms with van der Waals surface area (Å²) in [5.41, 5.74) is 1.91. The van der Waals surface area contributed by atoms with Gasteiger partial charge in [0.05, 0.1) is 0 Å². The van der Waals surface area contributed by atoms with Crippen LogP contribution in [-0.2, 0) is 11.3 Å². The number of amides is 1. The highest BCUT2D eigenvalue weighted by molar-refractivity contribution is 5.76. The van der Waals surface area contributed by atoms with Crippen molar-refractivity contribution in [1.82, 2.24) is 19.9 Å². The lowest BCUT2D eigenvalue weighted by atomic mass is 9.97. The number of nitrogens with zero attached hydrogens (tertiary/aromatic N) is 3. The lowest BCUT2D eigenvalue weighted by Gasteiger charge is -2.12. The second kappa shape index (κ2) is 7.91. The number of carbonyl (C=O) groups is 1. The van der Waals surface area contributed by atoms with Gasteiger partial charge in [-0.2, -0.15) is 0 Å². The first-order valence-electron chi connectivity index (χ1n) is 8.50. The molecule has 2 heterocycles. The van der Waals surface area contributed by atoms with Gasteiger partial charge in [0.2, 0.25) is 5.91 Å². The number of nitrogens with one attached hydrogen (secondary N) is 1. The van der Waals surface area contributed by atoms with Gasteiger partial charge in [0.1, 0.15) is 17.5 Å². The predicted octanol–water partition coefficient (Wildman–Crippen LogP) is 3.52. The van der Waals surface area contributed by atoms with Gasteiger partial charge in [0, 0.05) is 31.6 Å². The number of rotatable bonds is 6. The first kappa shape index (κ1) is 17.8. The molecular formula is C20H21FN4O. The minimum absolute atomic E-state index is 0.0252. The summed E-state index contributed by atoms with van der Waals surface area (Å²) in [6, 6.07) is 10.1. The van der Waals surface area contributed by atoms with Crippen LogP contribution in [0, 0.1) is 12.7 Å². The maximum atomic E-state index is 13.0. The van der Waals surface area contributed by atoms with E-state index >= 15 is 0 Å². The molecule has 0 aliphatic carbocycles. The van der Waals surface area contributed by atoms with Crippen LogP contribution < -0.4 is 5.32 Å². The zero-order chi connectivity index (χ0) is 18.5. The molecule has 0 aliphatic heterocycles. The van der Waals surface area contributed by atoms with Crippen molar-refractivity contribution >= 4 is 5.91 Å². The number of benzene rings is 1. The average molecular weight is 352 g/mol. The Kier molecular flexibility index (Phi) is 5.41. The topological polar surface area (TPSA) is 59.8 Å². The number of aryl methyl sites for hydroxylation is 1. The number of halogens is 1. The van der Waals surface area contributed by atoms with Crippen molar-refractivity contribution in [3.8, 4) is 5.82 Å². The van der Waals surface area contributed by atoms with Crippen molar-refractivity contribution in [2.45, 2.75) is 32.7 Å². The third-order valence-electron chi connectivity index (χ3n) is 4.30. The second-order valence-corrected chi connectivity index (χ2v) is 6.30. The molecule has 0 spiro atoms. The molecule has 1 unspecified atom stereocenters. The molecule has 0 saturated carbocycles. The summed E-state index contributed by atoms with van der Waals surface area (Å²) >= 11 is 0. The van der Waals surface area contributed by atoms with Crippen molar-refractivity contribution in [2.24, 2.45) is 0 Å². The van der Waals surface area contributed by atoms with Crippen LogP contribution in [0.25, 0.3) is 5.82 Å². The van der Waals surface area contributed by atoms with Crippen LogP contribution in [-0.4, -0.2) is 20.4 Å². The van der Waals surface area contributed by atoms with Crippen LogP contribution >= 0.6 is 0 Å². The standard InChI is InChI=1S/C20H21FN4O/c1-14(17-3-5-18(21)6-4-17)11-20(26)24-13-16-7-8-23-19(12-16)25-10-9-22-15(25)2/h3-10,12,14H,11,13H2,1-2H3,(H,24,26). The molecule has 0 bridgehead atoms. The third-order valence-corrected chi connectivity index (χ3v) is 4.30. The molecule has 0 radical (unpaired) electrons. The van der Waals surface area contributed by atoms with E-state index in [2.05, 4.69) is 15.3 Å². The Balaban J connectivity index is 1.58. The Labute approximate surface area is 151 Å². The van der Waals surface area contributed by atoms with Gasteiger partial charge in [-0.3, -0.25) is 9.36 Å². The first-order chi connectivity index (χ1) is 12.5. The summed E-state index contributed by atoms with van der Waals surface area (Å²) in [5.74, 6) is 1.33. The molecule has 5 nitrogen and oxygen atoms in total. The van der Waals surface area contributed by atoms with E-state index in [0.717, 1.165) is 22.8 Å². The van der Waals surface area contributed by atoms with E-state index in [1.165, 1.54) is 12.1 Å². The maximum absolute atomic E-state index is 13.0. The van der Waals surface area contributed by atoms with Crippen molar-refractivity contribution in [3.05, 3.63) is 77.8 Å². The molecule has 0 fully saturated rings. The Bertz CT molecular complexity index is 889. The molecule has 0 aliphatic rings. The van der Waals surface area contributed by atoms with Crippen LogP contribution in [0.5, 0.6) is 0 Å². The molecule has 1 amide bonds. The van der Waals surface area contributed by atoms with E-state index in [4.69, 9.17) is 0 Å². The van der Waals surface area contributed by atoms with E-state index in [-0.39, 0.29) is 17.6 Å². The van der Waals surface area contributed by atoms with E-state index in [1.807, 2.05) is 36.7 Å². The summed E-state index contributed by atoms with van der Waals surface area (Å²) < 4.78 is 14.9. The highest BCUT2D eigenvalue weighted by Gasteiger charge is 2.11. The minimum Gasteiger partial charge on any atom is -0.352 e. The molecule has 134 valence electrons. The number of pyridine rings is 1. The fourth-order valence-electron chi connectivity index (χ4n) is 2.78. The number of imidazole rings is 1. The second-order valence-electron chi connectivity index (χ2n) is 6.30. The van der Waals surface area contributed by atoms with E-state index in [0.29, 0.717) is 13.0 Å². The van der Waals surface area contributed by atoms with Crippen molar-refractivity contribution in [2.75, 3.05) is 0 Å². The van der Waals surface area contributed by atoms with Gasteiger partial charge in [0.15, 0.2) is 0 Å². The highest BCUT2D eigenvalue weighted by Crippen LogP contribution is 2.19. The van der Waals surface area contributed by atoms with E-state index < -0.39 is 0 Å². The van der Waals surface area contributed by atoms with Gasteiger partial charge >= 0.3 is 0 Å². The molecule has 1 aromatic carbocycles. The lowest BCUT2D eigenvalue weighted by molar-refractivity contribution is -0.121. The van der Waals surface area contributed by atoms with Crippen LogP contribution in [0.15, 0.2) is 55.0 Å². The summed E-state index contributed by atoms with van der Waals surface area (Å²) in [7, 11) is 0. The van der Waals surface area contributed by atoms with Crippen LogP contribution in [0.2, 0.25) is 0 Å². The number of aromatic nitrogens is 3. The normalized spacial score (nSPS) is 12.0. The molecule has 2 aromatic heterocycles. The van der Waals surface area contributed by atoms with Gasteiger partial charge in [-0.1, -0.05) is 19.1 Å². The van der Waals surface area contributed by atoms with Crippen LogP contribution in [0.4, 0.5) is 4.39 Å². The van der Waals surface area contributed by atoms with Gasteiger partial charge in [-0.05, 0) is 48.2 Å². The average Bonchev–Trinajstić information content (AvgIpc) is 3.07. The summed E-state index contributed by atoms with van der Waals surface area (Å²) in [6.07, 6.45) is 5.65. The third kappa shape index (κ3) is 4.33. The zero-order valence-corrected chi connectivity index (χ0v) is 14.8. The summed E-state index contributed by atoms with van der Waals surface area (Å²) in [6.45, 7) is 4.30. The number of hydrogen-bond donors (Lipinski definition) is 1. The van der Waals surface area contributed by atoms with Crippen molar-refractivity contribution in [1.29, 1.82) is 0 Å². The minimum atomic E-state index is -0.271. The molecule has 1 atom stereocenters. The SMILES string of the molecule is Cc1nccn1-c1cc(CNC(=O)CC(C)c2ccc(F)cc2)ccn1. The molecule has 1 N–H and O–H groups in total. The number of carbonyl (C=O) groups excluding carboxylic acids is 1. The molecular weight excluding hydrogens is 331 g/mol. The predicted molar refractivity (Wildman–Crippen MR) is 97.4 cm³/mol. The highest BCUT2D eigenvalue weighted by atomic mass is 19.1. The fraction of sp³-hybridized carbons (Fsp3) is 0.250. The van der Waals surface area contributed by atoms with Gasteiger partial charge in [-0.15, -0.1) is 0 Å². The largest absolute Gasteiger partial charge is 0.352 e. The first-order valence-corrected chi connectivity index (χ1v) is 8.50. The molecule has 3 aromatic rings. The Morgan fingerprint density at radius 2 is 1.96 bits per heavy atom. The van der Waals surface area contributed by atoms with Crippen LogP contribution in [0.1, 0.15) is 36.2 Å². The van der Waals surface area contributed by atoms with Crippen molar-refractivity contribution < 1.29 is 9.18 Å². The molecule has 6 heteroatoms. The van der Waals surface area contributed by atoms with Crippen LogP contribution in [0.3, 0.4) is 0 Å². The lowest BCUT2D eigenvalue weighted by Crippen LogP contribution is -2.24. The van der Waals surface area contributed by atoms with E-state index in [9.17, 15) is 9.18 Å². The summed E-state index contributed by atoms with van der Waals surface area (Å²) in [5, 5.41) is 2.93.